The molecule has 0 spiro atoms. The molecule has 4 N–H and O–H groups in total. The third kappa shape index (κ3) is 23.5. The molecular weight excluding hydrogens is 214 g/mol. The minimum atomic E-state index is 0.0691. The van der Waals surface area contributed by atoms with E-state index in [0.717, 1.165) is 13.1 Å². The van der Waals surface area contributed by atoms with Gasteiger partial charge in [-0.15, -0.1) is 0 Å². The molecule has 0 saturated carbocycles. The Hall–Kier alpha value is -0.240. The third-order valence-electron chi connectivity index (χ3n) is 1.32. The Morgan fingerprint density at radius 2 is 1.19 bits per heavy atom. The predicted molar refractivity (Wildman–Crippen MR) is 61.4 cm³/mol. The van der Waals surface area contributed by atoms with Gasteiger partial charge in [0.2, 0.25) is 0 Å². The zero-order valence-corrected chi connectivity index (χ0v) is 10.0. The van der Waals surface area contributed by atoms with Crippen LogP contribution in [0.4, 0.5) is 0 Å². The van der Waals surface area contributed by atoms with E-state index in [1.54, 1.807) is 6.92 Å². The highest BCUT2D eigenvalue weighted by atomic mass is 16.5. The zero-order valence-electron chi connectivity index (χ0n) is 10.0. The maximum Gasteiger partial charge on any atom is 0.0698 e. The van der Waals surface area contributed by atoms with Crippen LogP contribution >= 0.6 is 0 Å². The van der Waals surface area contributed by atoms with Crippen LogP contribution in [0.2, 0.25) is 0 Å². The van der Waals surface area contributed by atoms with Crippen molar-refractivity contribution in [2.24, 2.45) is 0 Å². The molecule has 0 aromatic rings. The quantitative estimate of drug-likeness (QED) is 0.350. The average Bonchev–Trinajstić information content (AvgIpc) is 2.28. The lowest BCUT2D eigenvalue weighted by Gasteiger charge is -2.05. The Kier molecular flexibility index (Phi) is 22.9. The molecule has 0 aliphatic carbocycles. The van der Waals surface area contributed by atoms with Crippen molar-refractivity contribution >= 4 is 0 Å². The molecule has 0 atom stereocenters. The van der Waals surface area contributed by atoms with Crippen molar-refractivity contribution in [3.8, 4) is 0 Å². The first-order valence-corrected chi connectivity index (χ1v) is 5.52. The van der Waals surface area contributed by atoms with Crippen LogP contribution in [0.1, 0.15) is 6.92 Å². The summed E-state index contributed by atoms with van der Waals surface area (Å²) in [7, 11) is 0. The summed E-state index contributed by atoms with van der Waals surface area (Å²) in [5, 5.41) is 27.4. The van der Waals surface area contributed by atoms with Crippen LogP contribution in [0.3, 0.4) is 0 Å². The van der Waals surface area contributed by atoms with E-state index in [1.165, 1.54) is 0 Å². The second-order valence-electron chi connectivity index (χ2n) is 2.74. The number of ether oxygens (including phenoxy) is 2. The summed E-state index contributed by atoms with van der Waals surface area (Å²) in [6, 6.07) is 0. The van der Waals surface area contributed by atoms with Gasteiger partial charge in [-0.25, -0.2) is 0 Å². The van der Waals surface area contributed by atoms with Crippen LogP contribution in [0.25, 0.3) is 0 Å². The summed E-state index contributed by atoms with van der Waals surface area (Å²) in [6.45, 7) is 5.55. The van der Waals surface area contributed by atoms with Gasteiger partial charge in [0.05, 0.1) is 39.6 Å². The van der Waals surface area contributed by atoms with E-state index in [4.69, 9.17) is 24.8 Å². The fraction of sp³-hybridized carbons (Fsp3) is 1.00. The highest BCUT2D eigenvalue weighted by Crippen LogP contribution is 1.73. The lowest BCUT2D eigenvalue weighted by Crippen LogP contribution is -2.24. The molecule has 0 fully saturated rings. The second kappa shape index (κ2) is 20.2. The Morgan fingerprint density at radius 1 is 0.812 bits per heavy atom. The van der Waals surface area contributed by atoms with E-state index in [1.807, 2.05) is 0 Å². The van der Waals surface area contributed by atoms with Gasteiger partial charge in [0.25, 0.3) is 0 Å². The molecular formula is C10H25NO5. The number of hydrogen-bond acceptors (Lipinski definition) is 6. The van der Waals surface area contributed by atoms with Gasteiger partial charge < -0.3 is 30.1 Å². The van der Waals surface area contributed by atoms with Crippen molar-refractivity contribution in [2.45, 2.75) is 6.92 Å². The summed E-state index contributed by atoms with van der Waals surface area (Å²) in [6.07, 6.45) is 0. The van der Waals surface area contributed by atoms with Gasteiger partial charge in [0.15, 0.2) is 0 Å². The van der Waals surface area contributed by atoms with Crippen molar-refractivity contribution in [2.75, 3.05) is 59.3 Å². The summed E-state index contributed by atoms with van der Waals surface area (Å²) < 4.78 is 10.0. The topological polar surface area (TPSA) is 91.2 Å². The van der Waals surface area contributed by atoms with Crippen LogP contribution in [0.5, 0.6) is 0 Å². The Morgan fingerprint density at radius 3 is 1.50 bits per heavy atom. The number of aliphatic hydroxyl groups is 3. The third-order valence-corrected chi connectivity index (χ3v) is 1.32. The van der Waals surface area contributed by atoms with Crippen LogP contribution in [0, 0.1) is 0 Å². The molecule has 6 heteroatoms. The highest BCUT2D eigenvalue weighted by molar-refractivity contribution is 4.44. The van der Waals surface area contributed by atoms with Gasteiger partial charge in [-0.3, -0.25) is 0 Å². The van der Waals surface area contributed by atoms with E-state index >= 15 is 0 Å². The van der Waals surface area contributed by atoms with Gasteiger partial charge >= 0.3 is 0 Å². The first-order chi connectivity index (χ1) is 7.83. The average molecular weight is 239 g/mol. The van der Waals surface area contributed by atoms with Gasteiger partial charge in [-0.05, 0) is 6.92 Å². The largest absolute Gasteiger partial charge is 0.397 e. The molecule has 0 aromatic carbocycles. The van der Waals surface area contributed by atoms with Crippen LogP contribution in [-0.2, 0) is 9.47 Å². The predicted octanol–water partition coefficient (Wildman–Crippen LogP) is -1.41. The standard InChI is InChI=1S/C8H19NO4.C2H6O/c10-3-7-12-5-1-9-2-6-13-8-4-11;1-2-3/h9-11H,1-8H2;3H,2H2,1H3. The van der Waals surface area contributed by atoms with Gasteiger partial charge in [-0.1, -0.05) is 0 Å². The van der Waals surface area contributed by atoms with Crippen molar-refractivity contribution in [1.82, 2.24) is 5.32 Å². The maximum atomic E-state index is 8.38. The molecule has 0 amide bonds. The molecule has 0 aliphatic heterocycles. The van der Waals surface area contributed by atoms with Gasteiger partial charge in [-0.2, -0.15) is 0 Å². The molecule has 0 radical (unpaired) electrons. The van der Waals surface area contributed by atoms with Crippen LogP contribution in [-0.4, -0.2) is 74.7 Å². The molecule has 0 heterocycles. The number of nitrogens with one attached hydrogen (secondary N) is 1. The van der Waals surface area contributed by atoms with E-state index < -0.39 is 0 Å². The fourth-order valence-electron chi connectivity index (χ4n) is 0.747. The van der Waals surface area contributed by atoms with E-state index in [0.29, 0.717) is 26.4 Å². The van der Waals surface area contributed by atoms with Crippen LogP contribution in [0.15, 0.2) is 0 Å². The lowest BCUT2D eigenvalue weighted by molar-refractivity contribution is 0.0835. The normalized spacial score (nSPS) is 9.75. The molecule has 0 rings (SSSR count). The minimum absolute atomic E-state index is 0.0691. The summed E-state index contributed by atoms with van der Waals surface area (Å²) in [4.78, 5) is 0. The minimum Gasteiger partial charge on any atom is -0.397 e. The SMILES string of the molecule is CCO.OCCOCCNCCOCCO. The van der Waals surface area contributed by atoms with Crippen LogP contribution < -0.4 is 5.32 Å². The maximum absolute atomic E-state index is 8.38. The number of hydrogen-bond donors (Lipinski definition) is 4. The van der Waals surface area contributed by atoms with E-state index in [2.05, 4.69) is 5.32 Å². The molecule has 6 nitrogen and oxygen atoms in total. The summed E-state index contributed by atoms with van der Waals surface area (Å²) in [5.41, 5.74) is 0. The molecule has 0 bridgehead atoms. The number of rotatable bonds is 10. The molecule has 0 unspecified atom stereocenters. The fourth-order valence-corrected chi connectivity index (χ4v) is 0.747. The highest BCUT2D eigenvalue weighted by Gasteiger charge is 1.88. The molecule has 16 heavy (non-hydrogen) atoms. The Balaban J connectivity index is 0. The smallest absolute Gasteiger partial charge is 0.0698 e. The second-order valence-corrected chi connectivity index (χ2v) is 2.74. The summed E-state index contributed by atoms with van der Waals surface area (Å²) in [5.74, 6) is 0. The van der Waals surface area contributed by atoms with E-state index in [9.17, 15) is 0 Å². The first kappa shape index (κ1) is 18.1. The molecule has 0 saturated heterocycles. The molecule has 0 aliphatic rings. The Labute approximate surface area is 97.2 Å². The monoisotopic (exact) mass is 239 g/mol. The van der Waals surface area contributed by atoms with Crippen molar-refractivity contribution in [3.63, 3.8) is 0 Å². The summed E-state index contributed by atoms with van der Waals surface area (Å²) >= 11 is 0. The van der Waals surface area contributed by atoms with Crippen molar-refractivity contribution in [1.29, 1.82) is 0 Å². The first-order valence-electron chi connectivity index (χ1n) is 5.52. The number of aliphatic hydroxyl groups excluding tert-OH is 3. The van der Waals surface area contributed by atoms with Gasteiger partial charge in [0, 0.05) is 19.7 Å². The molecule has 100 valence electrons. The van der Waals surface area contributed by atoms with Gasteiger partial charge in [0.1, 0.15) is 0 Å². The van der Waals surface area contributed by atoms with E-state index in [-0.39, 0.29) is 19.8 Å². The lowest BCUT2D eigenvalue weighted by atomic mass is 10.6. The zero-order chi connectivity index (χ0) is 12.5. The Bertz CT molecular complexity index is 95.2. The van der Waals surface area contributed by atoms with Crippen molar-refractivity contribution in [3.05, 3.63) is 0 Å². The van der Waals surface area contributed by atoms with Crippen molar-refractivity contribution < 1.29 is 24.8 Å². The molecule has 0 aromatic heterocycles.